The predicted molar refractivity (Wildman–Crippen MR) is 87.6 cm³/mol. The zero-order chi connectivity index (χ0) is 15.7. The molecule has 0 radical (unpaired) electrons. The van der Waals surface area contributed by atoms with Crippen molar-refractivity contribution in [3.05, 3.63) is 58.5 Å². The minimum atomic E-state index is 0.303. The molecule has 0 spiro atoms. The van der Waals surface area contributed by atoms with Gasteiger partial charge in [-0.25, -0.2) is 9.50 Å². The first-order chi connectivity index (χ1) is 10.6. The molecule has 0 unspecified atom stereocenters. The molecule has 22 heavy (non-hydrogen) atoms. The van der Waals surface area contributed by atoms with Crippen LogP contribution in [0.2, 0.25) is 5.15 Å². The summed E-state index contributed by atoms with van der Waals surface area (Å²) in [4.78, 5) is 4.67. The molecule has 0 bridgehead atoms. The minimum Gasteiger partial charge on any atom is -0.489 e. The summed E-state index contributed by atoms with van der Waals surface area (Å²) in [7, 11) is 0. The highest BCUT2D eigenvalue weighted by molar-refractivity contribution is 6.30. The quantitative estimate of drug-likeness (QED) is 0.670. The van der Waals surface area contributed by atoms with E-state index >= 15 is 0 Å². The molecule has 0 fully saturated rings. The molecule has 3 aromatic rings. The highest BCUT2D eigenvalue weighted by Crippen LogP contribution is 2.28. The summed E-state index contributed by atoms with van der Waals surface area (Å²) in [6, 6.07) is 9.70. The number of halogens is 1. The average Bonchev–Trinajstić information content (AvgIpc) is 2.89. The van der Waals surface area contributed by atoms with Crippen molar-refractivity contribution >= 4 is 17.2 Å². The molecule has 2 heterocycles. The number of nitrogens with zero attached hydrogens (tertiary/aromatic N) is 3. The number of hydrogen-bond acceptors (Lipinski definition) is 3. The van der Waals surface area contributed by atoms with Gasteiger partial charge in [-0.05, 0) is 25.0 Å². The molecule has 1 aromatic carbocycles. The Hall–Kier alpha value is -2.07. The lowest BCUT2D eigenvalue weighted by Gasteiger charge is -2.12. The number of fused-ring (bicyclic) bond motifs is 1. The average molecular weight is 316 g/mol. The standard InChI is InChI=1S/C17H18ClN3O/c1-11(2)15-12(3)20-17-13(9-19-21(17)16(15)18)10-22-14-7-5-4-6-8-14/h4-9,11H,10H2,1-3H3. The Kier molecular flexibility index (Phi) is 4.03. The van der Waals surface area contributed by atoms with Gasteiger partial charge in [-0.1, -0.05) is 43.6 Å². The predicted octanol–water partition coefficient (Wildman–Crippen LogP) is 4.39. The highest BCUT2D eigenvalue weighted by Gasteiger charge is 2.17. The Morgan fingerprint density at radius 2 is 1.95 bits per heavy atom. The third-order valence-electron chi connectivity index (χ3n) is 3.60. The number of para-hydroxylation sites is 1. The summed E-state index contributed by atoms with van der Waals surface area (Å²) in [5, 5.41) is 4.99. The number of aromatic nitrogens is 3. The van der Waals surface area contributed by atoms with E-state index in [2.05, 4.69) is 23.9 Å². The smallest absolute Gasteiger partial charge is 0.163 e. The lowest BCUT2D eigenvalue weighted by Crippen LogP contribution is -2.05. The van der Waals surface area contributed by atoms with E-state index in [9.17, 15) is 0 Å². The lowest BCUT2D eigenvalue weighted by molar-refractivity contribution is 0.307. The Labute approximate surface area is 134 Å². The Balaban J connectivity index is 1.95. The van der Waals surface area contributed by atoms with Crippen LogP contribution in [0.4, 0.5) is 0 Å². The Morgan fingerprint density at radius 3 is 2.64 bits per heavy atom. The van der Waals surface area contributed by atoms with Crippen LogP contribution in [0.5, 0.6) is 5.75 Å². The van der Waals surface area contributed by atoms with Crippen molar-refractivity contribution in [2.75, 3.05) is 0 Å². The summed E-state index contributed by atoms with van der Waals surface area (Å²) in [5.41, 5.74) is 3.65. The highest BCUT2D eigenvalue weighted by atomic mass is 35.5. The number of aryl methyl sites for hydroxylation is 1. The Bertz CT molecular complexity index is 797. The van der Waals surface area contributed by atoms with Crippen LogP contribution >= 0.6 is 11.6 Å². The molecule has 2 aromatic heterocycles. The second-order valence-electron chi connectivity index (χ2n) is 5.56. The second-order valence-corrected chi connectivity index (χ2v) is 5.92. The molecular formula is C17H18ClN3O. The van der Waals surface area contributed by atoms with Crippen LogP contribution in [0, 0.1) is 6.92 Å². The van der Waals surface area contributed by atoms with Gasteiger partial charge in [0.1, 0.15) is 17.5 Å². The van der Waals surface area contributed by atoms with Crippen LogP contribution < -0.4 is 4.74 Å². The third kappa shape index (κ3) is 2.66. The molecule has 0 saturated heterocycles. The van der Waals surface area contributed by atoms with Gasteiger partial charge in [0.15, 0.2) is 5.65 Å². The molecule has 0 atom stereocenters. The van der Waals surface area contributed by atoms with Crippen molar-refractivity contribution in [2.45, 2.75) is 33.3 Å². The maximum atomic E-state index is 6.49. The number of hydrogen-bond donors (Lipinski definition) is 0. The van der Waals surface area contributed by atoms with Gasteiger partial charge in [0.05, 0.1) is 11.8 Å². The van der Waals surface area contributed by atoms with Gasteiger partial charge in [-0.3, -0.25) is 0 Å². The van der Waals surface area contributed by atoms with Crippen molar-refractivity contribution < 1.29 is 4.74 Å². The summed E-state index contributed by atoms with van der Waals surface area (Å²) < 4.78 is 7.47. The SMILES string of the molecule is Cc1nc2c(COc3ccccc3)cnn2c(Cl)c1C(C)C. The van der Waals surface area contributed by atoms with Crippen LogP contribution in [0.3, 0.4) is 0 Å². The minimum absolute atomic E-state index is 0.303. The van der Waals surface area contributed by atoms with E-state index in [0.29, 0.717) is 17.7 Å². The molecular weight excluding hydrogens is 298 g/mol. The molecule has 0 aliphatic heterocycles. The van der Waals surface area contributed by atoms with Gasteiger partial charge in [0, 0.05) is 11.3 Å². The van der Waals surface area contributed by atoms with Crippen LogP contribution in [0.25, 0.3) is 5.65 Å². The van der Waals surface area contributed by atoms with Gasteiger partial charge in [0.2, 0.25) is 0 Å². The van der Waals surface area contributed by atoms with E-state index in [1.165, 1.54) is 0 Å². The summed E-state index contributed by atoms with van der Waals surface area (Å²) in [5.74, 6) is 1.13. The molecule has 0 aliphatic carbocycles. The van der Waals surface area contributed by atoms with Crippen molar-refractivity contribution in [1.29, 1.82) is 0 Å². The van der Waals surface area contributed by atoms with E-state index in [4.69, 9.17) is 16.3 Å². The molecule has 3 rings (SSSR count). The van der Waals surface area contributed by atoms with Crippen LogP contribution in [0.1, 0.15) is 36.6 Å². The zero-order valence-corrected chi connectivity index (χ0v) is 13.6. The molecule has 0 aliphatic rings. The number of rotatable bonds is 4. The molecule has 0 N–H and O–H groups in total. The van der Waals surface area contributed by atoms with E-state index in [1.807, 2.05) is 37.3 Å². The van der Waals surface area contributed by atoms with Crippen molar-refractivity contribution in [2.24, 2.45) is 0 Å². The summed E-state index contributed by atoms with van der Waals surface area (Å²) >= 11 is 6.49. The van der Waals surface area contributed by atoms with Gasteiger partial charge >= 0.3 is 0 Å². The van der Waals surface area contributed by atoms with E-state index in [-0.39, 0.29) is 0 Å². The molecule has 0 saturated carbocycles. The lowest BCUT2D eigenvalue weighted by atomic mass is 10.0. The third-order valence-corrected chi connectivity index (χ3v) is 3.97. The zero-order valence-electron chi connectivity index (χ0n) is 12.9. The van der Waals surface area contributed by atoms with E-state index in [1.54, 1.807) is 10.7 Å². The van der Waals surface area contributed by atoms with Crippen LogP contribution in [0.15, 0.2) is 36.5 Å². The molecule has 0 amide bonds. The van der Waals surface area contributed by atoms with Gasteiger partial charge in [-0.2, -0.15) is 5.10 Å². The van der Waals surface area contributed by atoms with E-state index < -0.39 is 0 Å². The molecule has 4 nitrogen and oxygen atoms in total. The summed E-state index contributed by atoms with van der Waals surface area (Å²) in [6.07, 6.45) is 1.76. The van der Waals surface area contributed by atoms with Crippen molar-refractivity contribution in [1.82, 2.24) is 14.6 Å². The van der Waals surface area contributed by atoms with Gasteiger partial charge in [0.25, 0.3) is 0 Å². The monoisotopic (exact) mass is 315 g/mol. The first-order valence-electron chi connectivity index (χ1n) is 7.28. The topological polar surface area (TPSA) is 39.4 Å². The summed E-state index contributed by atoms with van der Waals surface area (Å²) in [6.45, 7) is 6.60. The fraction of sp³-hybridized carbons (Fsp3) is 0.294. The van der Waals surface area contributed by atoms with Gasteiger partial charge < -0.3 is 4.74 Å². The fourth-order valence-electron chi connectivity index (χ4n) is 2.56. The molecule has 114 valence electrons. The molecule has 5 heteroatoms. The fourth-order valence-corrected chi connectivity index (χ4v) is 3.04. The number of benzene rings is 1. The first kappa shape index (κ1) is 14.9. The van der Waals surface area contributed by atoms with Gasteiger partial charge in [-0.15, -0.1) is 0 Å². The first-order valence-corrected chi connectivity index (χ1v) is 7.66. The maximum absolute atomic E-state index is 6.49. The van der Waals surface area contributed by atoms with Crippen molar-refractivity contribution in [3.8, 4) is 5.75 Å². The maximum Gasteiger partial charge on any atom is 0.163 e. The second kappa shape index (κ2) is 5.97. The van der Waals surface area contributed by atoms with Crippen LogP contribution in [-0.2, 0) is 6.61 Å². The van der Waals surface area contributed by atoms with E-state index in [0.717, 1.165) is 28.2 Å². The number of ether oxygens (including phenoxy) is 1. The van der Waals surface area contributed by atoms with Crippen LogP contribution in [-0.4, -0.2) is 14.6 Å². The largest absolute Gasteiger partial charge is 0.489 e. The Morgan fingerprint density at radius 1 is 1.23 bits per heavy atom. The van der Waals surface area contributed by atoms with Crippen molar-refractivity contribution in [3.63, 3.8) is 0 Å². The normalized spacial score (nSPS) is 11.3.